The SMILES string of the molecule is CCOP(=O)(OCC)[C@H]1NC1(C)C. The van der Waals surface area contributed by atoms with Gasteiger partial charge in [-0.25, -0.2) is 0 Å². The Balaban J connectivity index is 2.64. The molecule has 0 aromatic rings. The summed E-state index contributed by atoms with van der Waals surface area (Å²) >= 11 is 0. The van der Waals surface area contributed by atoms with Gasteiger partial charge >= 0.3 is 7.60 Å². The minimum absolute atomic E-state index is 0.111. The van der Waals surface area contributed by atoms with Crippen molar-refractivity contribution in [2.45, 2.75) is 39.0 Å². The maximum atomic E-state index is 12.1. The minimum atomic E-state index is -2.91. The zero-order chi connectivity index (χ0) is 10.1. The van der Waals surface area contributed by atoms with Gasteiger partial charge in [0.2, 0.25) is 0 Å². The van der Waals surface area contributed by atoms with Crippen LogP contribution in [-0.2, 0) is 13.6 Å². The lowest BCUT2D eigenvalue weighted by atomic mass is 10.2. The average Bonchev–Trinajstić information content (AvgIpc) is 2.62. The summed E-state index contributed by atoms with van der Waals surface area (Å²) in [6.45, 7) is 8.46. The van der Waals surface area contributed by atoms with Gasteiger partial charge in [-0.2, -0.15) is 0 Å². The monoisotopic (exact) mass is 207 g/mol. The van der Waals surface area contributed by atoms with Gasteiger partial charge in [0.1, 0.15) is 5.78 Å². The molecule has 13 heavy (non-hydrogen) atoms. The first-order valence-electron chi connectivity index (χ1n) is 4.62. The molecular formula is C8H18NO3P. The van der Waals surface area contributed by atoms with Gasteiger partial charge in [0, 0.05) is 5.54 Å². The van der Waals surface area contributed by atoms with Crippen molar-refractivity contribution < 1.29 is 13.6 Å². The molecule has 0 bridgehead atoms. The van der Waals surface area contributed by atoms with Crippen LogP contribution in [0, 0.1) is 0 Å². The van der Waals surface area contributed by atoms with E-state index in [4.69, 9.17) is 9.05 Å². The summed E-state index contributed by atoms with van der Waals surface area (Å²) < 4.78 is 22.5. The second-order valence-corrected chi connectivity index (χ2v) is 5.76. The van der Waals surface area contributed by atoms with E-state index >= 15 is 0 Å². The van der Waals surface area contributed by atoms with Crippen molar-refractivity contribution in [3.05, 3.63) is 0 Å². The van der Waals surface area contributed by atoms with Crippen LogP contribution < -0.4 is 5.32 Å². The van der Waals surface area contributed by atoms with Crippen LogP contribution in [0.1, 0.15) is 27.7 Å². The summed E-state index contributed by atoms with van der Waals surface area (Å²) in [5.41, 5.74) is -0.111. The lowest BCUT2D eigenvalue weighted by molar-refractivity contribution is 0.217. The molecule has 4 nitrogen and oxygen atoms in total. The maximum absolute atomic E-state index is 12.1. The molecule has 78 valence electrons. The van der Waals surface area contributed by atoms with Crippen molar-refractivity contribution in [2.24, 2.45) is 0 Å². The molecule has 1 rings (SSSR count). The van der Waals surface area contributed by atoms with Crippen molar-refractivity contribution in [1.82, 2.24) is 5.32 Å². The summed E-state index contributed by atoms with van der Waals surface area (Å²) in [5.74, 6) is -0.139. The first kappa shape index (κ1) is 11.2. The van der Waals surface area contributed by atoms with Crippen molar-refractivity contribution in [1.29, 1.82) is 0 Å². The molecule has 0 saturated carbocycles. The fourth-order valence-electron chi connectivity index (χ4n) is 1.33. The van der Waals surface area contributed by atoms with Crippen LogP contribution in [0.3, 0.4) is 0 Å². The summed E-state index contributed by atoms with van der Waals surface area (Å²) in [6, 6.07) is 0. The molecule has 0 aromatic carbocycles. The van der Waals surface area contributed by atoms with Crippen LogP contribution in [0.4, 0.5) is 0 Å². The predicted molar refractivity (Wildman–Crippen MR) is 51.9 cm³/mol. The summed E-state index contributed by atoms with van der Waals surface area (Å²) in [7, 11) is -2.91. The molecule has 5 heteroatoms. The van der Waals surface area contributed by atoms with Gasteiger partial charge in [0.25, 0.3) is 0 Å². The quantitative estimate of drug-likeness (QED) is 0.553. The molecule has 0 aromatic heterocycles. The molecule has 1 saturated heterocycles. The molecule has 1 heterocycles. The molecule has 1 atom stereocenters. The third-order valence-corrected chi connectivity index (χ3v) is 4.69. The summed E-state index contributed by atoms with van der Waals surface area (Å²) in [4.78, 5) is 0. The Hall–Kier alpha value is 0.110. The molecular weight excluding hydrogens is 189 g/mol. The van der Waals surface area contributed by atoms with Crippen LogP contribution in [0.5, 0.6) is 0 Å². The molecule has 1 aliphatic rings. The third kappa shape index (κ3) is 2.32. The standard InChI is InChI=1S/C8H18NO3P/c1-5-11-13(10,12-6-2)7-8(3,4)9-7/h7,9H,5-6H2,1-4H3/t7-/m1/s1. The second kappa shape index (κ2) is 3.70. The van der Waals surface area contributed by atoms with E-state index < -0.39 is 7.60 Å². The third-order valence-electron chi connectivity index (χ3n) is 2.04. The molecule has 0 radical (unpaired) electrons. The van der Waals surface area contributed by atoms with E-state index in [0.29, 0.717) is 13.2 Å². The van der Waals surface area contributed by atoms with Crippen LogP contribution in [0.15, 0.2) is 0 Å². The van der Waals surface area contributed by atoms with Crippen LogP contribution in [0.25, 0.3) is 0 Å². The number of nitrogens with one attached hydrogen (secondary N) is 1. The van der Waals surface area contributed by atoms with Gasteiger partial charge in [0.15, 0.2) is 0 Å². The van der Waals surface area contributed by atoms with E-state index in [9.17, 15) is 4.57 Å². The highest BCUT2D eigenvalue weighted by Crippen LogP contribution is 2.61. The molecule has 0 spiro atoms. The number of rotatable bonds is 5. The van der Waals surface area contributed by atoms with E-state index in [0.717, 1.165) is 0 Å². The van der Waals surface area contributed by atoms with Gasteiger partial charge in [0.05, 0.1) is 13.2 Å². The molecule has 1 aliphatic heterocycles. The smallest absolute Gasteiger partial charge is 0.308 e. The number of hydrogen-bond donors (Lipinski definition) is 1. The van der Waals surface area contributed by atoms with Gasteiger partial charge < -0.3 is 9.05 Å². The van der Waals surface area contributed by atoms with Gasteiger partial charge in [-0.15, -0.1) is 0 Å². The van der Waals surface area contributed by atoms with Crippen molar-refractivity contribution >= 4 is 7.60 Å². The Morgan fingerprint density at radius 3 is 1.92 bits per heavy atom. The van der Waals surface area contributed by atoms with Gasteiger partial charge in [-0.3, -0.25) is 9.88 Å². The Morgan fingerprint density at radius 1 is 1.31 bits per heavy atom. The van der Waals surface area contributed by atoms with Crippen molar-refractivity contribution in [3.8, 4) is 0 Å². The first-order valence-corrected chi connectivity index (χ1v) is 6.24. The highest BCUT2D eigenvalue weighted by molar-refractivity contribution is 7.55. The highest BCUT2D eigenvalue weighted by Gasteiger charge is 2.58. The van der Waals surface area contributed by atoms with E-state index in [1.807, 2.05) is 27.7 Å². The van der Waals surface area contributed by atoms with Crippen molar-refractivity contribution in [2.75, 3.05) is 13.2 Å². The molecule has 0 unspecified atom stereocenters. The number of hydrogen-bond acceptors (Lipinski definition) is 4. The fourth-order valence-corrected chi connectivity index (χ4v) is 3.71. The zero-order valence-corrected chi connectivity index (χ0v) is 9.56. The van der Waals surface area contributed by atoms with E-state index in [2.05, 4.69) is 5.32 Å². The lowest BCUT2D eigenvalue weighted by Crippen LogP contribution is -2.08. The molecule has 1 N–H and O–H groups in total. The summed E-state index contributed by atoms with van der Waals surface area (Å²) in [6.07, 6.45) is 0. The Labute approximate surface area is 79.5 Å². The molecule has 1 fully saturated rings. The minimum Gasteiger partial charge on any atom is -0.308 e. The van der Waals surface area contributed by atoms with Crippen LogP contribution >= 0.6 is 7.60 Å². The van der Waals surface area contributed by atoms with Gasteiger partial charge in [-0.1, -0.05) is 0 Å². The normalized spacial score (nSPS) is 26.0. The zero-order valence-electron chi connectivity index (χ0n) is 8.66. The fraction of sp³-hybridized carbons (Fsp3) is 1.00. The van der Waals surface area contributed by atoms with E-state index in [-0.39, 0.29) is 11.3 Å². The van der Waals surface area contributed by atoms with Crippen LogP contribution in [0.2, 0.25) is 0 Å². The highest BCUT2D eigenvalue weighted by atomic mass is 31.2. The van der Waals surface area contributed by atoms with E-state index in [1.54, 1.807) is 0 Å². The lowest BCUT2D eigenvalue weighted by Gasteiger charge is -2.16. The molecule has 0 aliphatic carbocycles. The topological polar surface area (TPSA) is 57.5 Å². The Kier molecular flexibility index (Phi) is 3.18. The largest absolute Gasteiger partial charge is 0.349 e. The Morgan fingerprint density at radius 2 is 1.69 bits per heavy atom. The average molecular weight is 207 g/mol. The predicted octanol–water partition coefficient (Wildman–Crippen LogP) is 1.96. The van der Waals surface area contributed by atoms with Gasteiger partial charge in [-0.05, 0) is 27.7 Å². The maximum Gasteiger partial charge on any atom is 0.349 e. The summed E-state index contributed by atoms with van der Waals surface area (Å²) in [5, 5.41) is 3.11. The van der Waals surface area contributed by atoms with Crippen LogP contribution in [-0.4, -0.2) is 24.5 Å². The molecule has 0 amide bonds. The Bertz CT molecular complexity index is 219. The van der Waals surface area contributed by atoms with E-state index in [1.165, 1.54) is 0 Å². The first-order chi connectivity index (χ1) is 5.96. The van der Waals surface area contributed by atoms with Crippen molar-refractivity contribution in [3.63, 3.8) is 0 Å². The second-order valence-electron chi connectivity index (χ2n) is 3.64.